The van der Waals surface area contributed by atoms with Crippen LogP contribution in [0.4, 0.5) is 0 Å². The quantitative estimate of drug-likeness (QED) is 0.0585. The van der Waals surface area contributed by atoms with Crippen molar-refractivity contribution in [1.82, 2.24) is 26.6 Å². The minimum Gasteiger partial charge on any atom is -0.508 e. The highest BCUT2D eigenvalue weighted by atomic mass is 16.3. The molecule has 3 aromatic rings. The van der Waals surface area contributed by atoms with E-state index in [9.17, 15) is 29.1 Å². The first-order chi connectivity index (χ1) is 25.4. The molecule has 0 bridgehead atoms. The van der Waals surface area contributed by atoms with E-state index in [0.717, 1.165) is 16.3 Å². The number of hydrogen-bond donors (Lipinski definition) is 10. The average molecular weight is 730 g/mol. The molecule has 1 aliphatic heterocycles. The van der Waals surface area contributed by atoms with E-state index in [1.165, 1.54) is 12.1 Å². The number of phenolic OH excluding ortho intramolecular Hbond substituents is 1. The van der Waals surface area contributed by atoms with Gasteiger partial charge < -0.3 is 54.6 Å². The van der Waals surface area contributed by atoms with Gasteiger partial charge in [0.1, 0.15) is 29.9 Å². The van der Waals surface area contributed by atoms with Crippen molar-refractivity contribution < 1.29 is 29.1 Å². The Balaban J connectivity index is 1.68. The van der Waals surface area contributed by atoms with Crippen LogP contribution in [0.5, 0.6) is 5.75 Å². The molecule has 4 atom stereocenters. The molecule has 0 aliphatic carbocycles. The molecule has 0 radical (unpaired) electrons. The third-order valence-corrected chi connectivity index (χ3v) is 8.49. The van der Waals surface area contributed by atoms with Crippen molar-refractivity contribution in [3.63, 3.8) is 0 Å². The molecule has 1 fully saturated rings. The summed E-state index contributed by atoms with van der Waals surface area (Å²) < 4.78 is 0. The second-order valence-corrected chi connectivity index (χ2v) is 12.7. The van der Waals surface area contributed by atoms with E-state index in [1.54, 1.807) is 12.1 Å². The Morgan fingerprint density at radius 2 is 1.09 bits per heavy atom. The largest absolute Gasteiger partial charge is 0.508 e. The van der Waals surface area contributed by atoms with Gasteiger partial charge in [-0.25, -0.2) is 0 Å². The summed E-state index contributed by atoms with van der Waals surface area (Å²) in [6.45, 7) is -0.194. The number of aliphatic imine (C=N–C) groups is 2. The van der Waals surface area contributed by atoms with Crippen LogP contribution < -0.4 is 49.5 Å². The second-order valence-electron chi connectivity index (χ2n) is 12.7. The lowest BCUT2D eigenvalue weighted by Gasteiger charge is -2.26. The van der Waals surface area contributed by atoms with Crippen molar-refractivity contribution in [2.45, 2.75) is 62.7 Å². The van der Waals surface area contributed by atoms with Gasteiger partial charge in [-0.1, -0.05) is 54.6 Å². The Kier molecular flexibility index (Phi) is 14.3. The highest BCUT2D eigenvalue weighted by Gasteiger charge is 2.32. The van der Waals surface area contributed by atoms with Gasteiger partial charge in [0, 0.05) is 25.9 Å². The van der Waals surface area contributed by atoms with E-state index >= 15 is 0 Å². The summed E-state index contributed by atoms with van der Waals surface area (Å²) in [7, 11) is 0. The lowest BCUT2D eigenvalue weighted by molar-refractivity contribution is -0.134. The molecule has 1 aliphatic rings. The van der Waals surface area contributed by atoms with Crippen LogP contribution in [0.15, 0.2) is 76.7 Å². The summed E-state index contributed by atoms with van der Waals surface area (Å²) in [5.41, 5.74) is 23.2. The first kappa shape index (κ1) is 39.4. The van der Waals surface area contributed by atoms with E-state index in [-0.39, 0.29) is 69.3 Å². The molecule has 0 aromatic heterocycles. The summed E-state index contributed by atoms with van der Waals surface area (Å²) in [6.07, 6.45) is 0.769. The van der Waals surface area contributed by atoms with Crippen molar-refractivity contribution in [1.29, 1.82) is 0 Å². The van der Waals surface area contributed by atoms with E-state index in [0.29, 0.717) is 5.56 Å². The summed E-state index contributed by atoms with van der Waals surface area (Å²) in [6, 6.07) is 14.7. The van der Waals surface area contributed by atoms with Gasteiger partial charge in [0.2, 0.25) is 29.5 Å². The number of nitrogens with zero attached hydrogens (tertiary/aromatic N) is 2. The van der Waals surface area contributed by atoms with Gasteiger partial charge in [0.05, 0.1) is 6.54 Å². The van der Waals surface area contributed by atoms with Crippen molar-refractivity contribution in [3.05, 3.63) is 77.9 Å². The van der Waals surface area contributed by atoms with Crippen LogP contribution in [0.25, 0.3) is 10.8 Å². The zero-order valence-corrected chi connectivity index (χ0v) is 29.2. The zero-order valence-electron chi connectivity index (χ0n) is 29.2. The standard InChI is InChI=1S/C36H47N11O6/c37-35(38)41-15-3-7-26-32(51)45-27(8-4-16-42-36(39)40)33(52)47-28(19-22-9-12-23-5-1-2-6-24(23)17-22)31(50)43-20-30(49)44-29(34(53)46-26)18-21-10-13-25(48)14-11-21/h1-2,5-6,9-14,17,26-29,48H,3-4,7-8,15-16,18-20H2,(H,43,50)(H,44,49)(H,45,51)(H,46,53)(H,47,52)(H4,37,38,41)(H4,39,40,42)/t26-,27+,28+,29+/m0/s1. The van der Waals surface area contributed by atoms with Crippen LogP contribution in [0.1, 0.15) is 36.8 Å². The predicted octanol–water partition coefficient (Wildman–Crippen LogP) is -1.49. The molecular weight excluding hydrogens is 682 g/mol. The molecule has 3 aromatic carbocycles. The molecule has 1 saturated heterocycles. The third-order valence-electron chi connectivity index (χ3n) is 8.49. The number of amides is 5. The molecule has 17 heteroatoms. The number of rotatable bonds is 12. The number of guanidine groups is 2. The average Bonchev–Trinajstić information content (AvgIpc) is 3.12. The van der Waals surface area contributed by atoms with Gasteiger partial charge in [0.15, 0.2) is 11.9 Å². The first-order valence-electron chi connectivity index (χ1n) is 17.2. The van der Waals surface area contributed by atoms with Crippen LogP contribution in [0.3, 0.4) is 0 Å². The normalized spacial score (nSPS) is 20.0. The maximum absolute atomic E-state index is 13.9. The Hall–Kier alpha value is -6.39. The lowest BCUT2D eigenvalue weighted by atomic mass is 10.0. The molecular formula is C36H47N11O6. The van der Waals surface area contributed by atoms with Gasteiger partial charge >= 0.3 is 0 Å². The Morgan fingerprint density at radius 3 is 1.68 bits per heavy atom. The predicted molar refractivity (Wildman–Crippen MR) is 200 cm³/mol. The molecule has 0 unspecified atom stereocenters. The monoisotopic (exact) mass is 729 g/mol. The van der Waals surface area contributed by atoms with Gasteiger partial charge in [-0.05, 0) is 59.7 Å². The third kappa shape index (κ3) is 12.7. The minimum absolute atomic E-state index is 0.00775. The lowest BCUT2D eigenvalue weighted by Crippen LogP contribution is -2.58. The first-order valence-corrected chi connectivity index (χ1v) is 17.2. The van der Waals surface area contributed by atoms with Crippen LogP contribution >= 0.6 is 0 Å². The Labute approximate surface area is 306 Å². The summed E-state index contributed by atoms with van der Waals surface area (Å²) >= 11 is 0. The SMILES string of the molecule is NC(N)=NCCC[C@@H]1NC(=O)[C@@H](Cc2ccc(O)cc2)NC(=O)CNC(=O)[C@@H](Cc2ccc3ccccc3c2)NC(=O)[C@@H](CCCN=C(N)N)NC1=O. The molecule has 53 heavy (non-hydrogen) atoms. The molecule has 282 valence electrons. The molecule has 17 nitrogen and oxygen atoms in total. The molecule has 1 heterocycles. The summed E-state index contributed by atoms with van der Waals surface area (Å²) in [4.78, 5) is 76.4. The number of carbonyl (C=O) groups excluding carboxylic acids is 5. The molecule has 0 spiro atoms. The van der Waals surface area contributed by atoms with Gasteiger partial charge in [-0.15, -0.1) is 0 Å². The van der Waals surface area contributed by atoms with Crippen LogP contribution in [0.2, 0.25) is 0 Å². The molecule has 4 rings (SSSR count). The number of aromatic hydroxyl groups is 1. The Morgan fingerprint density at radius 1 is 0.604 bits per heavy atom. The summed E-state index contributed by atoms with van der Waals surface area (Å²) in [5.74, 6) is -3.66. The topological polar surface area (TPSA) is 295 Å². The highest BCUT2D eigenvalue weighted by molar-refractivity contribution is 5.97. The van der Waals surface area contributed by atoms with E-state index in [1.807, 2.05) is 42.5 Å². The smallest absolute Gasteiger partial charge is 0.243 e. The van der Waals surface area contributed by atoms with Gasteiger partial charge in [0.25, 0.3) is 0 Å². The number of carbonyl (C=O) groups is 5. The molecule has 0 saturated carbocycles. The van der Waals surface area contributed by atoms with Gasteiger partial charge in [-0.2, -0.15) is 0 Å². The maximum atomic E-state index is 13.9. The highest BCUT2D eigenvalue weighted by Crippen LogP contribution is 2.17. The van der Waals surface area contributed by atoms with E-state index in [2.05, 4.69) is 36.6 Å². The zero-order chi connectivity index (χ0) is 38.3. The van der Waals surface area contributed by atoms with Crippen molar-refractivity contribution in [2.75, 3.05) is 19.6 Å². The number of nitrogens with two attached hydrogens (primary N) is 4. The van der Waals surface area contributed by atoms with E-state index in [4.69, 9.17) is 22.9 Å². The number of fused-ring (bicyclic) bond motifs is 1. The fraction of sp³-hybridized carbons (Fsp3) is 0.361. The van der Waals surface area contributed by atoms with Crippen molar-refractivity contribution in [3.8, 4) is 5.75 Å². The van der Waals surface area contributed by atoms with Crippen LogP contribution in [-0.4, -0.2) is 90.4 Å². The molecule has 14 N–H and O–H groups in total. The molecule has 5 amide bonds. The van der Waals surface area contributed by atoms with Crippen LogP contribution in [-0.2, 0) is 36.8 Å². The van der Waals surface area contributed by atoms with Crippen molar-refractivity contribution >= 4 is 52.2 Å². The number of phenols is 1. The minimum atomic E-state index is -1.19. The number of benzene rings is 3. The van der Waals surface area contributed by atoms with E-state index < -0.39 is 60.2 Å². The van der Waals surface area contributed by atoms with Crippen LogP contribution in [0, 0.1) is 0 Å². The number of nitrogens with one attached hydrogen (secondary N) is 5. The van der Waals surface area contributed by atoms with Gasteiger partial charge in [-0.3, -0.25) is 34.0 Å². The maximum Gasteiger partial charge on any atom is 0.243 e. The Bertz CT molecular complexity index is 1820. The second kappa shape index (κ2) is 19.3. The fourth-order valence-electron chi connectivity index (χ4n) is 5.79. The summed E-state index contributed by atoms with van der Waals surface area (Å²) in [5, 5.41) is 25.1. The number of hydrogen-bond acceptors (Lipinski definition) is 8. The fourth-order valence-corrected chi connectivity index (χ4v) is 5.79. The van der Waals surface area contributed by atoms with Crippen molar-refractivity contribution in [2.24, 2.45) is 32.9 Å².